The van der Waals surface area contributed by atoms with E-state index in [-0.39, 0.29) is 17.7 Å². The van der Waals surface area contributed by atoms with Crippen molar-refractivity contribution >= 4 is 37.3 Å². The number of nitrogens with one attached hydrogen (secondary N) is 1. The molecule has 0 bridgehead atoms. The molecular formula is C19H20N2O3S2. The highest BCUT2D eigenvalue weighted by atomic mass is 32.2. The van der Waals surface area contributed by atoms with E-state index < -0.39 is 9.84 Å². The molecule has 136 valence electrons. The first kappa shape index (κ1) is 18.5. The number of carbonyl (C=O) groups is 1. The first-order chi connectivity index (χ1) is 12.3. The average Bonchev–Trinajstić information content (AvgIpc) is 2.95. The van der Waals surface area contributed by atoms with Gasteiger partial charge in [-0.3, -0.25) is 4.79 Å². The van der Waals surface area contributed by atoms with Crippen molar-refractivity contribution in [2.24, 2.45) is 0 Å². The minimum Gasteiger partial charge on any atom is -0.349 e. The number of aromatic nitrogens is 1. The minimum absolute atomic E-state index is 0.0740. The summed E-state index contributed by atoms with van der Waals surface area (Å²) in [6.07, 6.45) is 1.83. The van der Waals surface area contributed by atoms with Gasteiger partial charge in [-0.1, -0.05) is 24.3 Å². The summed E-state index contributed by atoms with van der Waals surface area (Å²) in [5.74, 6) is -0.288. The van der Waals surface area contributed by atoms with Crippen molar-refractivity contribution in [1.29, 1.82) is 0 Å². The van der Waals surface area contributed by atoms with E-state index in [1.165, 1.54) is 6.26 Å². The predicted molar refractivity (Wildman–Crippen MR) is 105 cm³/mol. The average molecular weight is 389 g/mol. The van der Waals surface area contributed by atoms with Gasteiger partial charge in [-0.05, 0) is 36.8 Å². The van der Waals surface area contributed by atoms with Crippen LogP contribution in [0.15, 0.2) is 48.5 Å². The molecule has 0 radical (unpaired) electrons. The molecule has 1 aromatic heterocycles. The molecule has 0 fully saturated rings. The zero-order valence-electron chi connectivity index (χ0n) is 14.6. The highest BCUT2D eigenvalue weighted by molar-refractivity contribution is 7.89. The van der Waals surface area contributed by atoms with E-state index in [1.807, 2.05) is 31.2 Å². The maximum Gasteiger partial charge on any atom is 0.251 e. The van der Waals surface area contributed by atoms with Crippen LogP contribution in [0, 0.1) is 0 Å². The molecule has 1 N–H and O–H groups in total. The maximum atomic E-state index is 12.5. The lowest BCUT2D eigenvalue weighted by Crippen LogP contribution is -2.34. The van der Waals surface area contributed by atoms with Gasteiger partial charge in [-0.25, -0.2) is 13.4 Å². The third-order valence-corrected chi connectivity index (χ3v) is 5.73. The maximum absolute atomic E-state index is 12.5. The Morgan fingerprint density at radius 1 is 1.19 bits per heavy atom. The second-order valence-electron chi connectivity index (χ2n) is 6.42. The Kier molecular flexibility index (Phi) is 5.38. The number of amides is 1. The minimum atomic E-state index is -3.13. The lowest BCUT2D eigenvalue weighted by atomic mass is 10.1. The van der Waals surface area contributed by atoms with Gasteiger partial charge < -0.3 is 5.32 Å². The van der Waals surface area contributed by atoms with E-state index in [4.69, 9.17) is 0 Å². The lowest BCUT2D eigenvalue weighted by molar-refractivity contribution is 0.0940. The molecule has 26 heavy (non-hydrogen) atoms. The topological polar surface area (TPSA) is 76.1 Å². The van der Waals surface area contributed by atoms with Crippen molar-refractivity contribution in [2.75, 3.05) is 6.26 Å². The molecule has 0 aliphatic heterocycles. The number of para-hydroxylation sites is 1. The SMILES string of the molecule is CC(Cc1nc2ccccc2s1)NC(=O)c1cccc(CS(C)(=O)=O)c1. The number of rotatable bonds is 6. The van der Waals surface area contributed by atoms with Crippen molar-refractivity contribution in [3.63, 3.8) is 0 Å². The molecule has 3 rings (SSSR count). The van der Waals surface area contributed by atoms with E-state index in [2.05, 4.69) is 10.3 Å². The highest BCUT2D eigenvalue weighted by Crippen LogP contribution is 2.22. The molecule has 0 saturated carbocycles. The molecule has 3 aromatic rings. The third-order valence-electron chi connectivity index (χ3n) is 3.81. The Labute approximate surface area is 157 Å². The van der Waals surface area contributed by atoms with Gasteiger partial charge >= 0.3 is 0 Å². The summed E-state index contributed by atoms with van der Waals surface area (Å²) in [4.78, 5) is 17.0. The van der Waals surface area contributed by atoms with Crippen LogP contribution >= 0.6 is 11.3 Å². The zero-order chi connectivity index (χ0) is 18.7. The van der Waals surface area contributed by atoms with Crippen LogP contribution in [0.5, 0.6) is 0 Å². The number of thiazole rings is 1. The number of hydrogen-bond acceptors (Lipinski definition) is 5. The van der Waals surface area contributed by atoms with Gasteiger partial charge in [-0.2, -0.15) is 0 Å². The molecule has 2 aromatic carbocycles. The standard InChI is InChI=1S/C19H20N2O3S2/c1-13(10-18-21-16-8-3-4-9-17(16)25-18)20-19(22)15-7-5-6-14(11-15)12-26(2,23)24/h3-9,11,13H,10,12H2,1-2H3,(H,20,22). The van der Waals surface area contributed by atoms with E-state index in [9.17, 15) is 13.2 Å². The fourth-order valence-electron chi connectivity index (χ4n) is 2.73. The van der Waals surface area contributed by atoms with Crippen molar-refractivity contribution in [2.45, 2.75) is 25.1 Å². The molecule has 1 heterocycles. The molecule has 5 nitrogen and oxygen atoms in total. The fraction of sp³-hybridized carbons (Fsp3) is 0.263. The Morgan fingerprint density at radius 2 is 1.96 bits per heavy atom. The summed E-state index contributed by atoms with van der Waals surface area (Å²) in [6.45, 7) is 1.93. The van der Waals surface area contributed by atoms with Gasteiger partial charge in [0.1, 0.15) is 0 Å². The van der Waals surface area contributed by atoms with Crippen molar-refractivity contribution in [3.05, 3.63) is 64.7 Å². The van der Waals surface area contributed by atoms with Gasteiger partial charge in [0.15, 0.2) is 9.84 Å². The summed E-state index contributed by atoms with van der Waals surface area (Å²) in [6, 6.07) is 14.6. The van der Waals surface area contributed by atoms with Crippen LogP contribution in [-0.4, -0.2) is 31.6 Å². The van der Waals surface area contributed by atoms with Crippen LogP contribution in [0.1, 0.15) is 27.9 Å². The third kappa shape index (κ3) is 4.89. The quantitative estimate of drug-likeness (QED) is 0.704. The molecule has 7 heteroatoms. The molecule has 1 atom stereocenters. The van der Waals surface area contributed by atoms with E-state index in [0.29, 0.717) is 17.5 Å². The summed E-state index contributed by atoms with van der Waals surface area (Å²) in [7, 11) is -3.13. The van der Waals surface area contributed by atoms with E-state index in [0.717, 1.165) is 15.2 Å². The largest absolute Gasteiger partial charge is 0.349 e. The second-order valence-corrected chi connectivity index (χ2v) is 9.68. The number of sulfone groups is 1. The van der Waals surface area contributed by atoms with Crippen LogP contribution in [0.4, 0.5) is 0 Å². The molecule has 0 aliphatic carbocycles. The van der Waals surface area contributed by atoms with Crippen molar-refractivity contribution in [3.8, 4) is 0 Å². The number of nitrogens with zero attached hydrogens (tertiary/aromatic N) is 1. The first-order valence-electron chi connectivity index (χ1n) is 8.22. The fourth-order valence-corrected chi connectivity index (χ4v) is 4.61. The van der Waals surface area contributed by atoms with E-state index in [1.54, 1.807) is 35.6 Å². The number of fused-ring (bicyclic) bond motifs is 1. The predicted octanol–water partition coefficient (Wildman–Crippen LogP) is 3.20. The van der Waals surface area contributed by atoms with Crippen molar-refractivity contribution in [1.82, 2.24) is 10.3 Å². The van der Waals surface area contributed by atoms with Gasteiger partial charge in [0.05, 0.1) is 21.0 Å². The number of hydrogen-bond donors (Lipinski definition) is 1. The van der Waals surface area contributed by atoms with E-state index >= 15 is 0 Å². The van der Waals surface area contributed by atoms with Crippen LogP contribution in [0.3, 0.4) is 0 Å². The van der Waals surface area contributed by atoms with Gasteiger partial charge in [0.25, 0.3) is 5.91 Å². The van der Waals surface area contributed by atoms with Crippen LogP contribution in [0.25, 0.3) is 10.2 Å². The number of carbonyl (C=O) groups excluding carboxylic acids is 1. The Bertz CT molecular complexity index is 1010. The summed E-state index contributed by atoms with van der Waals surface area (Å²) in [5.41, 5.74) is 2.04. The zero-order valence-corrected chi connectivity index (χ0v) is 16.2. The number of benzene rings is 2. The van der Waals surface area contributed by atoms with Crippen LogP contribution in [-0.2, 0) is 22.0 Å². The monoisotopic (exact) mass is 388 g/mol. The lowest BCUT2D eigenvalue weighted by Gasteiger charge is -2.13. The molecule has 1 amide bonds. The molecular weight excluding hydrogens is 368 g/mol. The van der Waals surface area contributed by atoms with Crippen LogP contribution < -0.4 is 5.32 Å². The second kappa shape index (κ2) is 7.55. The summed E-state index contributed by atoms with van der Waals surface area (Å²) < 4.78 is 24.0. The molecule has 0 spiro atoms. The Balaban J connectivity index is 1.66. The molecule has 0 aliphatic rings. The molecule has 0 saturated heterocycles. The van der Waals surface area contributed by atoms with Crippen molar-refractivity contribution < 1.29 is 13.2 Å². The van der Waals surface area contributed by atoms with Gasteiger partial charge in [0, 0.05) is 24.3 Å². The normalized spacial score (nSPS) is 12.8. The van der Waals surface area contributed by atoms with Gasteiger partial charge in [-0.15, -0.1) is 11.3 Å². The summed E-state index contributed by atoms with van der Waals surface area (Å²) >= 11 is 1.63. The first-order valence-corrected chi connectivity index (χ1v) is 11.1. The summed E-state index contributed by atoms with van der Waals surface area (Å²) in [5, 5.41) is 3.93. The smallest absolute Gasteiger partial charge is 0.251 e. The van der Waals surface area contributed by atoms with Crippen LogP contribution in [0.2, 0.25) is 0 Å². The van der Waals surface area contributed by atoms with Gasteiger partial charge in [0.2, 0.25) is 0 Å². The highest BCUT2D eigenvalue weighted by Gasteiger charge is 2.14. The molecule has 1 unspecified atom stereocenters. The Morgan fingerprint density at radius 3 is 2.69 bits per heavy atom. The Hall–Kier alpha value is -2.25.